The van der Waals surface area contributed by atoms with Gasteiger partial charge in [0.1, 0.15) is 12.6 Å². The average molecular weight is 395 g/mol. The Labute approximate surface area is 160 Å². The Morgan fingerprint density at radius 1 is 0.923 bits per heavy atom. The molecule has 0 amide bonds. The largest absolute Gasteiger partial charge is 0.481 e. The van der Waals surface area contributed by atoms with Crippen molar-refractivity contribution in [1.82, 2.24) is 0 Å². The first-order chi connectivity index (χ1) is 12.1. The van der Waals surface area contributed by atoms with E-state index in [2.05, 4.69) is 6.92 Å². The first-order valence-corrected chi connectivity index (χ1v) is 11.6. The highest BCUT2D eigenvalue weighted by Gasteiger charge is 2.27. The van der Waals surface area contributed by atoms with Crippen molar-refractivity contribution in [3.8, 4) is 0 Å². The van der Waals surface area contributed by atoms with E-state index >= 15 is 0 Å². The molecule has 0 aromatic carbocycles. The molecule has 0 rings (SSSR count). The number of aliphatic carboxylic acids is 1. The summed E-state index contributed by atoms with van der Waals surface area (Å²) in [6.45, 7) is 2.55. The zero-order valence-electron chi connectivity index (χ0n) is 17.2. The van der Waals surface area contributed by atoms with Gasteiger partial charge in [0.25, 0.3) is 10.1 Å². The summed E-state index contributed by atoms with van der Waals surface area (Å²) < 4.78 is 29.9. The molecule has 0 aromatic heterocycles. The smallest absolute Gasteiger partial charge is 0.306 e. The van der Waals surface area contributed by atoms with E-state index in [9.17, 15) is 13.2 Å². The molecule has 0 saturated carbocycles. The third kappa shape index (κ3) is 16.8. The fourth-order valence-corrected chi connectivity index (χ4v) is 4.15. The molecule has 26 heavy (non-hydrogen) atoms. The van der Waals surface area contributed by atoms with Crippen molar-refractivity contribution in [1.29, 1.82) is 0 Å². The third-order valence-electron chi connectivity index (χ3n) is 4.18. The summed E-state index contributed by atoms with van der Waals surface area (Å²) in [5.74, 6) is -1.07. The zero-order chi connectivity index (χ0) is 20.1. The van der Waals surface area contributed by atoms with Crippen molar-refractivity contribution in [3.63, 3.8) is 0 Å². The van der Waals surface area contributed by atoms with Crippen molar-refractivity contribution in [3.05, 3.63) is 0 Å². The molecule has 0 radical (unpaired) electrons. The van der Waals surface area contributed by atoms with Crippen LogP contribution in [0.3, 0.4) is 0 Å². The average Bonchev–Trinajstić information content (AvgIpc) is 2.46. The van der Waals surface area contributed by atoms with Crippen molar-refractivity contribution in [2.24, 2.45) is 0 Å². The van der Waals surface area contributed by atoms with Gasteiger partial charge in [-0.2, -0.15) is 8.42 Å². The summed E-state index contributed by atoms with van der Waals surface area (Å²) in [6, 6.07) is 0. The van der Waals surface area contributed by atoms with Crippen LogP contribution in [-0.4, -0.2) is 63.5 Å². The van der Waals surface area contributed by atoms with Gasteiger partial charge in [0.15, 0.2) is 0 Å². The summed E-state index contributed by atoms with van der Waals surface area (Å²) in [6.07, 6.45) is 10.2. The molecule has 0 aliphatic heterocycles. The normalized spacial score (nSPS) is 13.7. The van der Waals surface area contributed by atoms with Gasteiger partial charge in [0, 0.05) is 0 Å². The van der Waals surface area contributed by atoms with Gasteiger partial charge in [0.05, 0.1) is 33.3 Å². The van der Waals surface area contributed by atoms with Crippen LogP contribution in [-0.2, 0) is 19.1 Å². The number of hydrogen-bond donors (Lipinski definition) is 1. The summed E-state index contributed by atoms with van der Waals surface area (Å²) in [5, 5.41) is 8.96. The first kappa shape index (κ1) is 25.3. The lowest BCUT2D eigenvalue weighted by Crippen LogP contribution is -2.44. The van der Waals surface area contributed by atoms with Gasteiger partial charge in [-0.05, 0) is 6.42 Å². The number of nitrogens with zero attached hydrogens (tertiary/aromatic N) is 1. The summed E-state index contributed by atoms with van der Waals surface area (Å²) >= 11 is 0. The van der Waals surface area contributed by atoms with Crippen LogP contribution in [0.5, 0.6) is 0 Å². The fraction of sp³-hybridized carbons (Fsp3) is 0.947. The minimum Gasteiger partial charge on any atom is -0.481 e. The quantitative estimate of drug-likeness (QED) is 0.230. The second-order valence-corrected chi connectivity index (χ2v) is 9.95. The molecule has 0 saturated heterocycles. The Balaban J connectivity index is 4.02. The zero-order valence-corrected chi connectivity index (χ0v) is 18.0. The molecule has 0 bridgehead atoms. The molecule has 0 aromatic rings. The van der Waals surface area contributed by atoms with E-state index < -0.39 is 22.2 Å². The molecule has 7 heteroatoms. The predicted octanol–water partition coefficient (Wildman–Crippen LogP) is 3.80. The molecule has 0 aliphatic rings. The fourth-order valence-electron chi connectivity index (χ4n) is 2.96. The maximum atomic E-state index is 12.1. The van der Waals surface area contributed by atoms with Gasteiger partial charge in [0.2, 0.25) is 0 Å². The number of carboxylic acids is 1. The van der Waals surface area contributed by atoms with Crippen LogP contribution in [0.4, 0.5) is 0 Å². The van der Waals surface area contributed by atoms with Crippen molar-refractivity contribution in [2.75, 3.05) is 33.4 Å². The predicted molar refractivity (Wildman–Crippen MR) is 106 cm³/mol. The Morgan fingerprint density at radius 3 is 1.81 bits per heavy atom. The van der Waals surface area contributed by atoms with E-state index in [0.29, 0.717) is 17.4 Å². The molecule has 0 fully saturated rings. The molecule has 0 spiro atoms. The Hall–Kier alpha value is -0.660. The number of carboxylic acid groups (broad SMARTS) is 1. The Kier molecular flexibility index (Phi) is 13.2. The van der Waals surface area contributed by atoms with Gasteiger partial charge < -0.3 is 9.59 Å². The highest BCUT2D eigenvalue weighted by atomic mass is 32.2. The number of hydrogen-bond acceptors (Lipinski definition) is 4. The lowest BCUT2D eigenvalue weighted by molar-refractivity contribution is -0.873. The van der Waals surface area contributed by atoms with Gasteiger partial charge in [-0.25, -0.2) is 0 Å². The third-order valence-corrected chi connectivity index (χ3v) is 5.54. The van der Waals surface area contributed by atoms with Crippen LogP contribution >= 0.6 is 0 Å². The molecule has 0 heterocycles. The second kappa shape index (κ2) is 13.5. The molecule has 1 N–H and O–H groups in total. The lowest BCUT2D eigenvalue weighted by atomic mass is 10.1. The van der Waals surface area contributed by atoms with E-state index in [1.807, 2.05) is 21.1 Å². The van der Waals surface area contributed by atoms with E-state index in [4.69, 9.17) is 9.29 Å². The van der Waals surface area contributed by atoms with Crippen LogP contribution in [0.1, 0.15) is 77.6 Å². The molecular weight excluding hydrogens is 354 g/mol. The van der Waals surface area contributed by atoms with E-state index in [0.717, 1.165) is 19.3 Å². The maximum absolute atomic E-state index is 12.1. The van der Waals surface area contributed by atoms with Gasteiger partial charge >= 0.3 is 5.97 Å². The SMILES string of the molecule is CCCCCCCCCCCCS(=O)(=O)OC(CC(=O)O)C[N+](C)(C)C. The van der Waals surface area contributed by atoms with E-state index in [1.165, 1.54) is 38.5 Å². The lowest BCUT2D eigenvalue weighted by Gasteiger charge is -2.28. The number of rotatable bonds is 17. The molecule has 1 unspecified atom stereocenters. The van der Waals surface area contributed by atoms with E-state index in [1.54, 1.807) is 0 Å². The molecule has 0 aliphatic carbocycles. The van der Waals surface area contributed by atoms with E-state index in [-0.39, 0.29) is 12.2 Å². The number of unbranched alkanes of at least 4 members (excludes halogenated alkanes) is 9. The second-order valence-electron chi connectivity index (χ2n) is 8.23. The van der Waals surface area contributed by atoms with Gasteiger partial charge in [-0.15, -0.1) is 0 Å². The van der Waals surface area contributed by atoms with Gasteiger partial charge in [-0.1, -0.05) is 64.7 Å². The maximum Gasteiger partial charge on any atom is 0.306 e. The Bertz CT molecular complexity index is 471. The van der Waals surface area contributed by atoms with Gasteiger partial charge in [-0.3, -0.25) is 8.98 Å². The monoisotopic (exact) mass is 394 g/mol. The molecule has 156 valence electrons. The highest BCUT2D eigenvalue weighted by Crippen LogP contribution is 2.13. The van der Waals surface area contributed by atoms with Crippen molar-refractivity contribution < 1.29 is 27.0 Å². The van der Waals surface area contributed by atoms with Crippen molar-refractivity contribution >= 4 is 16.1 Å². The van der Waals surface area contributed by atoms with Crippen LogP contribution < -0.4 is 0 Å². The molecule has 1 atom stereocenters. The first-order valence-electron chi connectivity index (χ1n) is 9.99. The standard InChI is InChI=1S/C19H39NO5S/c1-5-6-7-8-9-10-11-12-13-14-15-26(23,24)25-18(16-19(21)22)17-20(2,3)4/h18H,5-17H2,1-4H3/p+1. The van der Waals surface area contributed by atoms with Crippen LogP contribution in [0, 0.1) is 0 Å². The number of likely N-dealkylation sites (N-methyl/N-ethyl adjacent to an activating group) is 1. The highest BCUT2D eigenvalue weighted by molar-refractivity contribution is 7.86. The van der Waals surface area contributed by atoms with Crippen LogP contribution in [0.15, 0.2) is 0 Å². The van der Waals surface area contributed by atoms with Crippen LogP contribution in [0.2, 0.25) is 0 Å². The molecular formula is C19H40NO5S+. The van der Waals surface area contributed by atoms with Crippen LogP contribution in [0.25, 0.3) is 0 Å². The number of carbonyl (C=O) groups is 1. The summed E-state index contributed by atoms with van der Waals surface area (Å²) in [7, 11) is 1.97. The Morgan fingerprint density at radius 2 is 1.38 bits per heavy atom. The molecule has 6 nitrogen and oxygen atoms in total. The summed E-state index contributed by atoms with van der Waals surface area (Å²) in [5.41, 5.74) is 0. The topological polar surface area (TPSA) is 80.7 Å². The number of quaternary nitrogens is 1. The minimum atomic E-state index is -3.68. The van der Waals surface area contributed by atoms with Crippen molar-refractivity contribution in [2.45, 2.75) is 83.7 Å². The summed E-state index contributed by atoms with van der Waals surface area (Å²) in [4.78, 5) is 10.9. The minimum absolute atomic E-state index is 0.0310.